The van der Waals surface area contributed by atoms with Crippen molar-refractivity contribution >= 4 is 11.9 Å². The van der Waals surface area contributed by atoms with Crippen molar-refractivity contribution in [1.29, 1.82) is 0 Å². The minimum absolute atomic E-state index is 0.00946. The number of halogens is 6. The van der Waals surface area contributed by atoms with Crippen LogP contribution in [0, 0.1) is 0 Å². The first-order chi connectivity index (χ1) is 21.5. The second-order valence-electron chi connectivity index (χ2n) is 10.6. The predicted octanol–water partition coefficient (Wildman–Crippen LogP) is 4.88. The number of fused-ring (bicyclic) bond motifs is 1. The number of amides is 3. The van der Waals surface area contributed by atoms with Gasteiger partial charge in [-0.25, -0.2) is 4.79 Å². The molecule has 1 unspecified atom stereocenters. The zero-order valence-electron chi connectivity index (χ0n) is 24.6. The third-order valence-electron chi connectivity index (χ3n) is 7.23. The molecule has 1 atom stereocenters. The number of alkyl halides is 6. The fourth-order valence-electron chi connectivity index (χ4n) is 4.88. The number of nitrogens with zero attached hydrogens (tertiary/aromatic N) is 2. The second-order valence-corrected chi connectivity index (χ2v) is 10.6. The number of aliphatic hydroxyl groups is 1. The summed E-state index contributed by atoms with van der Waals surface area (Å²) in [5.41, 5.74) is -2.30. The molecule has 10 nitrogen and oxygen atoms in total. The van der Waals surface area contributed by atoms with Crippen LogP contribution < -0.4 is 25.3 Å². The van der Waals surface area contributed by atoms with Crippen LogP contribution in [0.3, 0.4) is 0 Å². The van der Waals surface area contributed by atoms with Crippen LogP contribution in [0.25, 0.3) is 0 Å². The number of imide groups is 1. The summed E-state index contributed by atoms with van der Waals surface area (Å²) in [6, 6.07) is 2.66. The maximum absolute atomic E-state index is 13.5. The zero-order valence-corrected chi connectivity index (χ0v) is 24.6. The molecule has 3 amide bonds. The lowest BCUT2D eigenvalue weighted by atomic mass is 9.90. The summed E-state index contributed by atoms with van der Waals surface area (Å²) >= 11 is 0. The number of ether oxygens (including phenoxy) is 3. The Hall–Kier alpha value is -4.73. The summed E-state index contributed by atoms with van der Waals surface area (Å²) in [6.45, 7) is 7.25. The average molecular weight is 657 g/mol. The number of pyridine rings is 1. The molecule has 0 spiro atoms. The molecule has 4 rings (SSSR count). The van der Waals surface area contributed by atoms with Gasteiger partial charge >= 0.3 is 18.4 Å². The van der Waals surface area contributed by atoms with E-state index in [-0.39, 0.29) is 41.3 Å². The van der Waals surface area contributed by atoms with Gasteiger partial charge in [0, 0.05) is 11.6 Å². The molecule has 248 valence electrons. The molecule has 2 aromatic rings. The Morgan fingerprint density at radius 3 is 2.41 bits per heavy atom. The number of allylic oxidation sites excluding steroid dienone is 1. The third-order valence-corrected chi connectivity index (χ3v) is 7.23. The lowest BCUT2D eigenvalue weighted by Crippen LogP contribution is -2.53. The van der Waals surface area contributed by atoms with Gasteiger partial charge in [0.15, 0.2) is 17.0 Å². The number of carbonyl (C=O) groups is 2. The molecule has 3 heterocycles. The molecule has 4 N–H and O–H groups in total. The monoisotopic (exact) mass is 656 g/mol. The Labute approximate surface area is 259 Å². The van der Waals surface area contributed by atoms with E-state index in [2.05, 4.69) is 16.9 Å². The standard InChI is InChI=1S/C30H30F6N4O6/c1-4-5-18-13-19(28(43,29(31,32)33)30(34,35)36)6-7-21(18)46-20(8-9-37)12-17(2)16-40-25(41)27(3,39-26(40)42)24-14-22-23(15-38-24)45-11-10-44-22/h6-9,12-15,43H,2,4-5,10-11,16,37H2,1,3H3,(H,39,42)/b9-8-,20-12+. The Morgan fingerprint density at radius 1 is 1.15 bits per heavy atom. The summed E-state index contributed by atoms with van der Waals surface area (Å²) in [5, 5.41) is 12.5. The van der Waals surface area contributed by atoms with E-state index in [0.717, 1.165) is 17.2 Å². The van der Waals surface area contributed by atoms with Crippen LogP contribution >= 0.6 is 0 Å². The number of benzene rings is 1. The molecule has 0 radical (unpaired) electrons. The molecule has 46 heavy (non-hydrogen) atoms. The Kier molecular flexibility index (Phi) is 9.34. The van der Waals surface area contributed by atoms with Gasteiger partial charge in [0.25, 0.3) is 11.5 Å². The van der Waals surface area contributed by atoms with Crippen LogP contribution in [0.2, 0.25) is 0 Å². The number of carbonyl (C=O) groups excluding carboxylic acids is 2. The summed E-state index contributed by atoms with van der Waals surface area (Å²) < 4.78 is 97.6. The van der Waals surface area contributed by atoms with Crippen molar-refractivity contribution in [3.63, 3.8) is 0 Å². The molecule has 1 aromatic carbocycles. The van der Waals surface area contributed by atoms with Gasteiger partial charge in [-0.05, 0) is 55.0 Å². The van der Waals surface area contributed by atoms with Gasteiger partial charge in [0.05, 0.1) is 18.4 Å². The summed E-state index contributed by atoms with van der Waals surface area (Å²) in [6.07, 6.45) is -6.88. The highest BCUT2D eigenvalue weighted by atomic mass is 19.4. The average Bonchev–Trinajstić information content (AvgIpc) is 3.19. The number of rotatable bonds is 10. The number of hydrogen-bond donors (Lipinski definition) is 3. The Balaban J connectivity index is 1.58. The molecular weight excluding hydrogens is 626 g/mol. The SMILES string of the molecule is C=C(/C=C(\C=C/N)Oc1ccc(C(O)(C(F)(F)F)C(F)(F)F)cc1CCC)CN1C(=O)NC(C)(c2cc3c(cn2)OCCO3)C1=O. The number of nitrogens with one attached hydrogen (secondary N) is 1. The third kappa shape index (κ3) is 6.34. The normalized spacial score (nSPS) is 19.1. The molecule has 0 saturated carbocycles. The van der Waals surface area contributed by atoms with E-state index in [4.69, 9.17) is 19.9 Å². The van der Waals surface area contributed by atoms with Gasteiger partial charge in [-0.15, -0.1) is 0 Å². The zero-order chi connectivity index (χ0) is 34.1. The second kappa shape index (κ2) is 12.6. The van der Waals surface area contributed by atoms with Gasteiger partial charge in [0.2, 0.25) is 0 Å². The van der Waals surface area contributed by atoms with Crippen molar-refractivity contribution in [3.8, 4) is 17.2 Å². The summed E-state index contributed by atoms with van der Waals surface area (Å²) in [4.78, 5) is 31.4. The van der Waals surface area contributed by atoms with Gasteiger partial charge in [0.1, 0.15) is 24.7 Å². The molecule has 1 saturated heterocycles. The van der Waals surface area contributed by atoms with Gasteiger partial charge in [-0.1, -0.05) is 26.0 Å². The highest BCUT2D eigenvalue weighted by Crippen LogP contribution is 2.50. The lowest BCUT2D eigenvalue weighted by Gasteiger charge is -2.33. The van der Waals surface area contributed by atoms with Crippen LogP contribution in [-0.4, -0.2) is 59.0 Å². The van der Waals surface area contributed by atoms with E-state index in [0.29, 0.717) is 43.3 Å². The number of aryl methyl sites for hydroxylation is 1. The molecule has 0 bridgehead atoms. The van der Waals surface area contributed by atoms with Crippen molar-refractivity contribution in [2.24, 2.45) is 5.73 Å². The first-order valence-electron chi connectivity index (χ1n) is 13.8. The van der Waals surface area contributed by atoms with Crippen LogP contribution in [0.5, 0.6) is 17.2 Å². The largest absolute Gasteiger partial charge is 0.486 e. The highest BCUT2D eigenvalue weighted by molar-refractivity contribution is 6.07. The predicted molar refractivity (Wildman–Crippen MR) is 150 cm³/mol. The molecule has 1 fully saturated rings. The van der Waals surface area contributed by atoms with E-state index >= 15 is 0 Å². The Morgan fingerprint density at radius 2 is 1.80 bits per heavy atom. The first kappa shape index (κ1) is 34.1. The summed E-state index contributed by atoms with van der Waals surface area (Å²) in [5.74, 6) is -0.0998. The van der Waals surface area contributed by atoms with E-state index in [1.165, 1.54) is 31.3 Å². The minimum Gasteiger partial charge on any atom is -0.486 e. The van der Waals surface area contributed by atoms with Crippen molar-refractivity contribution < 1.29 is 55.2 Å². The number of nitrogens with two attached hydrogens (primary N) is 1. The van der Waals surface area contributed by atoms with Crippen molar-refractivity contribution in [2.45, 2.75) is 50.2 Å². The van der Waals surface area contributed by atoms with Crippen LogP contribution in [0.1, 0.15) is 37.1 Å². The van der Waals surface area contributed by atoms with E-state index in [1.807, 2.05) is 0 Å². The summed E-state index contributed by atoms with van der Waals surface area (Å²) in [7, 11) is 0. The first-order valence-corrected chi connectivity index (χ1v) is 13.8. The maximum atomic E-state index is 13.5. The smallest absolute Gasteiger partial charge is 0.430 e. The van der Waals surface area contributed by atoms with Crippen LogP contribution in [-0.2, 0) is 22.4 Å². The van der Waals surface area contributed by atoms with E-state index in [1.54, 1.807) is 6.92 Å². The Bertz CT molecular complexity index is 1570. The van der Waals surface area contributed by atoms with Crippen molar-refractivity contribution in [2.75, 3.05) is 19.8 Å². The molecule has 0 aliphatic carbocycles. The highest BCUT2D eigenvalue weighted by Gasteiger charge is 2.71. The lowest BCUT2D eigenvalue weighted by molar-refractivity contribution is -0.376. The minimum atomic E-state index is -6.06. The van der Waals surface area contributed by atoms with Crippen molar-refractivity contribution in [1.82, 2.24) is 15.2 Å². The molecular formula is C30H30F6N4O6. The number of urea groups is 1. The van der Waals surface area contributed by atoms with Gasteiger partial charge in [-0.3, -0.25) is 14.7 Å². The molecule has 2 aliphatic heterocycles. The van der Waals surface area contributed by atoms with Gasteiger partial charge < -0.3 is 30.4 Å². The topological polar surface area (TPSA) is 136 Å². The quantitative estimate of drug-likeness (QED) is 0.143. The van der Waals surface area contributed by atoms with E-state index < -0.39 is 41.0 Å². The number of aromatic nitrogens is 1. The fraction of sp³-hybridized carbons (Fsp3) is 0.367. The molecule has 2 aliphatic rings. The fourth-order valence-corrected chi connectivity index (χ4v) is 4.88. The van der Waals surface area contributed by atoms with E-state index in [9.17, 15) is 41.0 Å². The van der Waals surface area contributed by atoms with Gasteiger partial charge in [-0.2, -0.15) is 26.3 Å². The van der Waals surface area contributed by atoms with Crippen LogP contribution in [0.15, 0.2) is 66.7 Å². The maximum Gasteiger partial charge on any atom is 0.430 e. The van der Waals surface area contributed by atoms with Crippen LogP contribution in [0.4, 0.5) is 31.1 Å². The molecule has 1 aromatic heterocycles. The van der Waals surface area contributed by atoms with Crippen molar-refractivity contribution in [3.05, 3.63) is 83.5 Å². The number of hydrogen-bond acceptors (Lipinski definition) is 8. The molecule has 16 heteroatoms.